The van der Waals surface area contributed by atoms with Gasteiger partial charge in [-0.2, -0.15) is 0 Å². The first-order valence-electron chi connectivity index (χ1n) is 13.1. The largest absolute Gasteiger partial charge is 0.501 e. The maximum absolute atomic E-state index is 15.1. The van der Waals surface area contributed by atoms with Crippen LogP contribution in [0.25, 0.3) is 21.5 Å². The third-order valence-corrected chi connectivity index (χ3v) is 8.54. The molecule has 1 unspecified atom stereocenters. The molecule has 2 amide bonds. The fourth-order valence-electron chi connectivity index (χ4n) is 6.51. The van der Waals surface area contributed by atoms with Gasteiger partial charge in [-0.25, -0.2) is 9.29 Å². The number of phenols is 1. The molecule has 1 N–H and O–H groups in total. The van der Waals surface area contributed by atoms with Crippen LogP contribution >= 0.6 is 11.6 Å². The van der Waals surface area contributed by atoms with Crippen LogP contribution in [-0.2, 0) is 6.42 Å². The first-order valence-corrected chi connectivity index (χ1v) is 13.5. The summed E-state index contributed by atoms with van der Waals surface area (Å²) in [5.74, 6) is -4.30. The maximum atomic E-state index is 15.1. The Hall–Kier alpha value is -4.82. The molecular weight excluding hydrogens is 547 g/mol. The number of aromatic hydroxyl groups is 1. The normalized spacial score (nSPS) is 16.3. The molecule has 1 atom stereocenters. The van der Waals surface area contributed by atoms with E-state index in [4.69, 9.17) is 11.6 Å². The maximum Gasteiger partial charge on any atom is 0.339 e. The van der Waals surface area contributed by atoms with Gasteiger partial charge in [-0.3, -0.25) is 19.7 Å². The van der Waals surface area contributed by atoms with Crippen LogP contribution in [0, 0.1) is 15.9 Å². The van der Waals surface area contributed by atoms with Crippen molar-refractivity contribution in [2.45, 2.75) is 25.2 Å². The zero-order chi connectivity index (χ0) is 28.6. The standard InChI is InChI=1S/C32H20ClFN2O5/c33-25-15-26(34)28(29(30(25)37)36(40)41)35-31(38)24-10-4-9-23(27(24)32(35)39)19-8-3-7-18-21-12-11-16-5-1-2-6-17(16)20(21)13-14-22(18)19/h1-2,4-6,9-15,19,37H,3,7-8H2. The molecule has 7 nitrogen and oxygen atoms in total. The van der Waals surface area contributed by atoms with E-state index in [0.29, 0.717) is 16.5 Å². The average molecular weight is 567 g/mol. The summed E-state index contributed by atoms with van der Waals surface area (Å²) in [6.45, 7) is 0. The summed E-state index contributed by atoms with van der Waals surface area (Å²) in [5, 5.41) is 26.0. The zero-order valence-electron chi connectivity index (χ0n) is 21.4. The lowest BCUT2D eigenvalue weighted by Gasteiger charge is -2.28. The number of imide groups is 1. The van der Waals surface area contributed by atoms with Crippen molar-refractivity contribution in [3.05, 3.63) is 122 Å². The number of nitrogens with zero attached hydrogens (tertiary/aromatic N) is 2. The summed E-state index contributed by atoms with van der Waals surface area (Å²) < 4.78 is 15.1. The quantitative estimate of drug-likeness (QED) is 0.104. The van der Waals surface area contributed by atoms with Crippen LogP contribution in [0.4, 0.5) is 15.8 Å². The number of carbonyl (C=O) groups is 2. The molecule has 0 saturated heterocycles. The van der Waals surface area contributed by atoms with Gasteiger partial charge in [-0.05, 0) is 69.6 Å². The van der Waals surface area contributed by atoms with Gasteiger partial charge in [0.2, 0.25) is 5.75 Å². The molecule has 0 radical (unpaired) electrons. The lowest BCUT2D eigenvalue weighted by Crippen LogP contribution is -2.31. The number of fused-ring (bicyclic) bond motifs is 6. The van der Waals surface area contributed by atoms with Gasteiger partial charge in [-0.1, -0.05) is 72.3 Å². The van der Waals surface area contributed by atoms with Crippen molar-refractivity contribution < 1.29 is 24.0 Å². The van der Waals surface area contributed by atoms with Gasteiger partial charge in [-0.15, -0.1) is 0 Å². The Balaban J connectivity index is 1.39. The van der Waals surface area contributed by atoms with Crippen LogP contribution in [0.5, 0.6) is 5.75 Å². The number of nitro groups is 1. The molecule has 1 aliphatic carbocycles. The second kappa shape index (κ2) is 9.11. The molecule has 5 aromatic rings. The molecule has 0 bridgehead atoms. The number of amides is 2. The van der Waals surface area contributed by atoms with E-state index in [-0.39, 0.29) is 17.0 Å². The van der Waals surface area contributed by atoms with E-state index in [0.717, 1.165) is 46.4 Å². The summed E-state index contributed by atoms with van der Waals surface area (Å²) >= 11 is 5.77. The van der Waals surface area contributed by atoms with E-state index in [1.165, 1.54) is 11.6 Å². The Morgan fingerprint density at radius 2 is 1.71 bits per heavy atom. The Kier molecular flexibility index (Phi) is 5.59. The summed E-state index contributed by atoms with van der Waals surface area (Å²) in [6.07, 6.45) is 2.43. The van der Waals surface area contributed by atoms with Crippen molar-refractivity contribution in [1.29, 1.82) is 0 Å². The molecule has 202 valence electrons. The van der Waals surface area contributed by atoms with Crippen LogP contribution in [0.1, 0.15) is 56.2 Å². The highest BCUT2D eigenvalue weighted by Crippen LogP contribution is 2.48. The Morgan fingerprint density at radius 1 is 0.927 bits per heavy atom. The van der Waals surface area contributed by atoms with E-state index >= 15 is 4.39 Å². The van der Waals surface area contributed by atoms with E-state index in [2.05, 4.69) is 36.4 Å². The van der Waals surface area contributed by atoms with Gasteiger partial charge in [0, 0.05) is 5.92 Å². The fourth-order valence-corrected chi connectivity index (χ4v) is 6.70. The lowest BCUT2D eigenvalue weighted by atomic mass is 9.75. The van der Waals surface area contributed by atoms with E-state index < -0.39 is 44.7 Å². The van der Waals surface area contributed by atoms with Crippen molar-refractivity contribution >= 4 is 56.3 Å². The fraction of sp³-hybridized carbons (Fsp3) is 0.125. The van der Waals surface area contributed by atoms with Crippen molar-refractivity contribution in [3.8, 4) is 5.75 Å². The second-order valence-electron chi connectivity index (χ2n) is 10.3. The average Bonchev–Trinajstić information content (AvgIpc) is 3.23. The number of anilines is 1. The van der Waals surface area contributed by atoms with Gasteiger partial charge in [0.25, 0.3) is 11.8 Å². The number of carbonyl (C=O) groups excluding carboxylic acids is 2. The first-order chi connectivity index (χ1) is 19.8. The van der Waals surface area contributed by atoms with Crippen molar-refractivity contribution in [1.82, 2.24) is 0 Å². The SMILES string of the molecule is O=C1c2cccc(C3CCCc4c3ccc3c4ccc4ccccc43)c2C(=O)N1c1c(F)cc(Cl)c(O)c1[N+](=O)[O-]. The number of hydrogen-bond acceptors (Lipinski definition) is 5. The minimum absolute atomic E-state index is 0.0227. The third kappa shape index (κ3) is 3.57. The zero-order valence-corrected chi connectivity index (χ0v) is 22.1. The van der Waals surface area contributed by atoms with Crippen LogP contribution in [-0.4, -0.2) is 21.8 Å². The monoisotopic (exact) mass is 566 g/mol. The highest BCUT2D eigenvalue weighted by atomic mass is 35.5. The Morgan fingerprint density at radius 3 is 2.51 bits per heavy atom. The van der Waals surface area contributed by atoms with E-state index in [9.17, 15) is 24.8 Å². The molecule has 2 aliphatic rings. The highest BCUT2D eigenvalue weighted by molar-refractivity contribution is 6.36. The predicted molar refractivity (Wildman–Crippen MR) is 154 cm³/mol. The van der Waals surface area contributed by atoms with Crippen LogP contribution in [0.15, 0.2) is 72.8 Å². The topological polar surface area (TPSA) is 101 Å². The predicted octanol–water partition coefficient (Wildman–Crippen LogP) is 7.67. The van der Waals surface area contributed by atoms with Crippen LogP contribution in [0.3, 0.4) is 0 Å². The summed E-state index contributed by atoms with van der Waals surface area (Å²) in [6, 6.07) is 22.1. The first kappa shape index (κ1) is 25.2. The number of rotatable bonds is 3. The number of halogens is 2. The highest BCUT2D eigenvalue weighted by Gasteiger charge is 2.45. The molecule has 0 fully saturated rings. The number of aryl methyl sites for hydroxylation is 1. The van der Waals surface area contributed by atoms with Gasteiger partial charge >= 0.3 is 5.69 Å². The molecule has 1 heterocycles. The smallest absolute Gasteiger partial charge is 0.339 e. The molecule has 41 heavy (non-hydrogen) atoms. The summed E-state index contributed by atoms with van der Waals surface area (Å²) in [4.78, 5) is 38.6. The van der Waals surface area contributed by atoms with Crippen LogP contribution in [0.2, 0.25) is 5.02 Å². The molecule has 9 heteroatoms. The van der Waals surface area contributed by atoms with Crippen molar-refractivity contribution in [2.75, 3.05) is 4.90 Å². The minimum Gasteiger partial charge on any atom is -0.501 e. The van der Waals surface area contributed by atoms with Crippen LogP contribution < -0.4 is 4.90 Å². The molecule has 0 saturated carbocycles. The van der Waals surface area contributed by atoms with E-state index in [1.807, 2.05) is 12.1 Å². The van der Waals surface area contributed by atoms with Gasteiger partial charge < -0.3 is 5.11 Å². The molecule has 0 spiro atoms. The Labute approximate surface area is 237 Å². The molecular formula is C32H20ClFN2O5. The number of nitro benzene ring substituents is 1. The van der Waals surface area contributed by atoms with Gasteiger partial charge in [0.15, 0.2) is 11.5 Å². The molecule has 1 aliphatic heterocycles. The van der Waals surface area contributed by atoms with E-state index in [1.54, 1.807) is 12.1 Å². The van der Waals surface area contributed by atoms with Crippen molar-refractivity contribution in [2.24, 2.45) is 0 Å². The lowest BCUT2D eigenvalue weighted by molar-refractivity contribution is -0.385. The number of phenolic OH excluding ortho intramolecular Hbond substituents is 1. The van der Waals surface area contributed by atoms with Gasteiger partial charge in [0.1, 0.15) is 0 Å². The molecule has 5 aromatic carbocycles. The molecule has 0 aromatic heterocycles. The second-order valence-corrected chi connectivity index (χ2v) is 10.7. The molecule has 7 rings (SSSR count). The Bertz CT molecular complexity index is 2010. The number of hydrogen-bond donors (Lipinski definition) is 1. The third-order valence-electron chi connectivity index (χ3n) is 8.25. The number of benzene rings is 5. The van der Waals surface area contributed by atoms with Gasteiger partial charge in [0.05, 0.1) is 21.1 Å². The minimum atomic E-state index is -1.27. The van der Waals surface area contributed by atoms with Crippen molar-refractivity contribution in [3.63, 3.8) is 0 Å². The summed E-state index contributed by atoms with van der Waals surface area (Å²) in [5.41, 5.74) is 0.855. The summed E-state index contributed by atoms with van der Waals surface area (Å²) in [7, 11) is 0.